The minimum Gasteiger partial charge on any atom is -0.107 e. The van der Waals surface area contributed by atoms with Crippen LogP contribution in [0.3, 0.4) is 0 Å². The summed E-state index contributed by atoms with van der Waals surface area (Å²) in [5.74, 6) is 0. The molecule has 0 amide bonds. The van der Waals surface area contributed by atoms with Crippen LogP contribution in [0.15, 0.2) is 0 Å². The van der Waals surface area contributed by atoms with E-state index < -0.39 is 0 Å². The Morgan fingerprint density at radius 3 is 1.22 bits per heavy atom. The Balaban J connectivity index is 0.000000333. The van der Waals surface area contributed by atoms with Crippen molar-refractivity contribution in [2.45, 2.75) is 38.5 Å². The van der Waals surface area contributed by atoms with Crippen molar-refractivity contribution in [3.8, 4) is 0 Å². The van der Waals surface area contributed by atoms with Gasteiger partial charge in [-0.25, -0.2) is 0 Å². The summed E-state index contributed by atoms with van der Waals surface area (Å²) in [5, 5.41) is 0. The smallest absolute Gasteiger partial charge is 0.0287 e. The van der Waals surface area contributed by atoms with Crippen LogP contribution in [0, 0.1) is 10.8 Å². The quantitative estimate of drug-likeness (QED) is 0.567. The van der Waals surface area contributed by atoms with Crippen molar-refractivity contribution in [1.29, 1.82) is 0 Å². The Morgan fingerprint density at radius 2 is 1.00 bits per heavy atom. The molecule has 52 valence electrons. The van der Waals surface area contributed by atoms with Gasteiger partial charge in [0.1, 0.15) is 0 Å². The first-order valence-electron chi connectivity index (χ1n) is 3.83. The topological polar surface area (TPSA) is 0 Å². The van der Waals surface area contributed by atoms with Crippen molar-refractivity contribution >= 4 is 24.0 Å². The highest BCUT2D eigenvalue weighted by molar-refractivity contribution is 14.0. The SMILES string of the molecule is C1CC12CC1(CC1)C2.I. The van der Waals surface area contributed by atoms with Gasteiger partial charge < -0.3 is 0 Å². The first-order chi connectivity index (χ1) is 3.83. The molecule has 0 aliphatic heterocycles. The zero-order valence-corrected chi connectivity index (χ0v) is 7.98. The van der Waals surface area contributed by atoms with Gasteiger partial charge in [-0.3, -0.25) is 0 Å². The third-order valence-corrected chi connectivity index (χ3v) is 3.41. The third-order valence-electron chi connectivity index (χ3n) is 3.41. The van der Waals surface area contributed by atoms with Crippen molar-refractivity contribution < 1.29 is 0 Å². The zero-order valence-electron chi connectivity index (χ0n) is 5.65. The van der Waals surface area contributed by atoms with Gasteiger partial charge >= 0.3 is 0 Å². The number of hydrogen-bond donors (Lipinski definition) is 0. The van der Waals surface area contributed by atoms with Crippen molar-refractivity contribution in [1.82, 2.24) is 0 Å². The maximum Gasteiger partial charge on any atom is -0.0287 e. The molecule has 3 aliphatic carbocycles. The van der Waals surface area contributed by atoms with Gasteiger partial charge in [-0.2, -0.15) is 0 Å². The third kappa shape index (κ3) is 0.765. The van der Waals surface area contributed by atoms with Crippen LogP contribution in [0.25, 0.3) is 0 Å². The molecule has 0 nitrogen and oxygen atoms in total. The molecule has 0 saturated heterocycles. The first kappa shape index (κ1) is 6.44. The predicted molar refractivity (Wildman–Crippen MR) is 48.0 cm³/mol. The Hall–Kier alpha value is 0.730. The molecule has 0 aromatic rings. The molecule has 0 heterocycles. The van der Waals surface area contributed by atoms with Gasteiger partial charge in [0.2, 0.25) is 0 Å². The van der Waals surface area contributed by atoms with Crippen LogP contribution < -0.4 is 0 Å². The highest BCUT2D eigenvalue weighted by atomic mass is 127. The molecule has 3 aliphatic rings. The van der Waals surface area contributed by atoms with E-state index >= 15 is 0 Å². The van der Waals surface area contributed by atoms with Gasteiger partial charge in [-0.1, -0.05) is 0 Å². The second-order valence-corrected chi connectivity index (χ2v) is 4.35. The minimum absolute atomic E-state index is 0. The van der Waals surface area contributed by atoms with E-state index in [9.17, 15) is 0 Å². The predicted octanol–water partition coefficient (Wildman–Crippen LogP) is 2.96. The van der Waals surface area contributed by atoms with E-state index in [0.717, 1.165) is 10.8 Å². The molecule has 9 heavy (non-hydrogen) atoms. The summed E-state index contributed by atoms with van der Waals surface area (Å²) < 4.78 is 0. The molecule has 0 atom stereocenters. The standard InChI is InChI=1S/C8H12.HI/c1-2-7(1)5-8(6-7)3-4-8;/h1-6H2;1H. The van der Waals surface area contributed by atoms with E-state index in [0.29, 0.717) is 0 Å². The van der Waals surface area contributed by atoms with Crippen molar-refractivity contribution in [3.63, 3.8) is 0 Å². The van der Waals surface area contributed by atoms with Gasteiger partial charge in [0, 0.05) is 0 Å². The average Bonchev–Trinajstić information content (AvgIpc) is 2.41. The number of rotatable bonds is 0. The van der Waals surface area contributed by atoms with E-state index in [1.807, 2.05) is 0 Å². The van der Waals surface area contributed by atoms with Gasteiger partial charge in [-0.05, 0) is 49.4 Å². The van der Waals surface area contributed by atoms with Crippen LogP contribution in [0.4, 0.5) is 0 Å². The molecule has 0 N–H and O–H groups in total. The summed E-state index contributed by atoms with van der Waals surface area (Å²) in [4.78, 5) is 0. The molecule has 0 aromatic carbocycles. The zero-order chi connectivity index (χ0) is 5.24. The average molecular weight is 236 g/mol. The lowest BCUT2D eigenvalue weighted by molar-refractivity contribution is 0.144. The van der Waals surface area contributed by atoms with Gasteiger partial charge in [0.15, 0.2) is 0 Å². The molecule has 0 aromatic heterocycles. The van der Waals surface area contributed by atoms with Gasteiger partial charge in [-0.15, -0.1) is 24.0 Å². The Kier molecular flexibility index (Phi) is 1.06. The molecule has 1 heteroatoms. The van der Waals surface area contributed by atoms with E-state index in [2.05, 4.69) is 0 Å². The molecular weight excluding hydrogens is 223 g/mol. The van der Waals surface area contributed by atoms with Gasteiger partial charge in [0.05, 0.1) is 0 Å². The first-order valence-corrected chi connectivity index (χ1v) is 3.83. The largest absolute Gasteiger partial charge is 0.107 e. The Bertz CT molecular complexity index is 117. The molecule has 3 saturated carbocycles. The number of hydrogen-bond acceptors (Lipinski definition) is 0. The fourth-order valence-corrected chi connectivity index (χ4v) is 2.60. The van der Waals surface area contributed by atoms with Crippen molar-refractivity contribution in [3.05, 3.63) is 0 Å². The minimum atomic E-state index is 0. The van der Waals surface area contributed by atoms with E-state index in [1.54, 1.807) is 38.5 Å². The summed E-state index contributed by atoms with van der Waals surface area (Å²) in [6.07, 6.45) is 9.56. The summed E-state index contributed by atoms with van der Waals surface area (Å²) in [5.41, 5.74) is 1.94. The monoisotopic (exact) mass is 236 g/mol. The van der Waals surface area contributed by atoms with Crippen LogP contribution in [-0.4, -0.2) is 0 Å². The van der Waals surface area contributed by atoms with Crippen molar-refractivity contribution in [2.24, 2.45) is 10.8 Å². The maximum absolute atomic E-state index is 1.62. The molecule has 0 bridgehead atoms. The lowest BCUT2D eigenvalue weighted by Crippen LogP contribution is -2.25. The molecule has 2 spiro atoms. The van der Waals surface area contributed by atoms with Crippen LogP contribution in [0.1, 0.15) is 38.5 Å². The molecule has 3 rings (SSSR count). The second-order valence-electron chi connectivity index (χ2n) is 4.35. The summed E-state index contributed by atoms with van der Waals surface area (Å²) in [6.45, 7) is 0. The van der Waals surface area contributed by atoms with Crippen molar-refractivity contribution in [2.75, 3.05) is 0 Å². The molecule has 0 radical (unpaired) electrons. The Morgan fingerprint density at radius 1 is 0.667 bits per heavy atom. The second kappa shape index (κ2) is 1.49. The lowest BCUT2D eigenvalue weighted by atomic mass is 9.69. The molecular formula is C8H13I. The fraction of sp³-hybridized carbons (Fsp3) is 1.00. The highest BCUT2D eigenvalue weighted by Gasteiger charge is 2.65. The van der Waals surface area contributed by atoms with Crippen LogP contribution in [-0.2, 0) is 0 Å². The lowest BCUT2D eigenvalue weighted by Gasteiger charge is -2.36. The van der Waals surface area contributed by atoms with E-state index in [1.165, 1.54) is 0 Å². The normalized spacial score (nSPS) is 37.3. The summed E-state index contributed by atoms with van der Waals surface area (Å²) in [6, 6.07) is 0. The van der Waals surface area contributed by atoms with Gasteiger partial charge in [0.25, 0.3) is 0 Å². The highest BCUT2D eigenvalue weighted by Crippen LogP contribution is 2.77. The van der Waals surface area contributed by atoms with Crippen LogP contribution >= 0.6 is 24.0 Å². The summed E-state index contributed by atoms with van der Waals surface area (Å²) in [7, 11) is 0. The van der Waals surface area contributed by atoms with Crippen LogP contribution in [0.5, 0.6) is 0 Å². The molecule has 0 unspecified atom stereocenters. The Labute approximate surface area is 73.4 Å². The van der Waals surface area contributed by atoms with E-state index in [4.69, 9.17) is 0 Å². The molecule has 3 fully saturated rings. The fourth-order valence-electron chi connectivity index (χ4n) is 2.60. The maximum atomic E-state index is 1.62. The van der Waals surface area contributed by atoms with E-state index in [-0.39, 0.29) is 24.0 Å². The number of halogens is 1. The van der Waals surface area contributed by atoms with Crippen LogP contribution in [0.2, 0.25) is 0 Å². The summed E-state index contributed by atoms with van der Waals surface area (Å²) >= 11 is 0.